The number of ether oxygens (including phenoxy) is 4. The lowest BCUT2D eigenvalue weighted by atomic mass is 9.90. The number of thiazole rings is 1. The number of fused-ring (bicyclic) bond motifs is 2. The lowest BCUT2D eigenvalue weighted by Crippen LogP contribution is -2.40. The monoisotopic (exact) mass is 588 g/mol. The topological polar surface area (TPSA) is 126 Å². The number of hydrogen-bond donors (Lipinski definition) is 1. The molecular formula is C31H28N2O8S. The van der Waals surface area contributed by atoms with E-state index in [1.165, 1.54) is 23.0 Å². The highest BCUT2D eigenvalue weighted by Crippen LogP contribution is 2.40. The molecule has 1 N–H and O–H groups in total. The van der Waals surface area contributed by atoms with Gasteiger partial charge in [-0.25, -0.2) is 14.6 Å². The smallest absolute Gasteiger partial charge is 0.341 e. The summed E-state index contributed by atoms with van der Waals surface area (Å²) in [6, 6.07) is 15.5. The minimum absolute atomic E-state index is 0.160. The Hall–Kier alpha value is -4.90. The fourth-order valence-electron chi connectivity index (χ4n) is 4.98. The maximum absolute atomic E-state index is 14.1. The van der Waals surface area contributed by atoms with Gasteiger partial charge >= 0.3 is 11.9 Å². The van der Waals surface area contributed by atoms with Crippen LogP contribution in [0.4, 0.5) is 0 Å². The highest BCUT2D eigenvalue weighted by Gasteiger charge is 2.36. The predicted molar refractivity (Wildman–Crippen MR) is 157 cm³/mol. The summed E-state index contributed by atoms with van der Waals surface area (Å²) in [7, 11) is 2.99. The zero-order valence-corrected chi connectivity index (χ0v) is 24.2. The van der Waals surface area contributed by atoms with Crippen molar-refractivity contribution in [3.8, 4) is 17.2 Å². The second-order valence-corrected chi connectivity index (χ2v) is 10.3. The Kier molecular flexibility index (Phi) is 8.12. The van der Waals surface area contributed by atoms with Crippen LogP contribution >= 0.6 is 11.3 Å². The van der Waals surface area contributed by atoms with E-state index in [0.29, 0.717) is 37.7 Å². The van der Waals surface area contributed by atoms with Crippen molar-refractivity contribution in [2.75, 3.05) is 27.4 Å². The van der Waals surface area contributed by atoms with Gasteiger partial charge in [0, 0.05) is 5.56 Å². The number of benzene rings is 3. The van der Waals surface area contributed by atoms with E-state index >= 15 is 0 Å². The van der Waals surface area contributed by atoms with Gasteiger partial charge in [0.05, 0.1) is 36.6 Å². The van der Waals surface area contributed by atoms with Gasteiger partial charge in [0.15, 0.2) is 22.9 Å². The average molecular weight is 589 g/mol. The number of nitrogens with zero attached hydrogens (tertiary/aromatic N) is 2. The second-order valence-electron chi connectivity index (χ2n) is 9.30. The predicted octanol–water partition coefficient (Wildman–Crippen LogP) is 3.43. The first-order chi connectivity index (χ1) is 20.3. The molecule has 0 amide bonds. The van der Waals surface area contributed by atoms with Crippen LogP contribution in [0.1, 0.15) is 31.0 Å². The molecule has 1 aliphatic heterocycles. The summed E-state index contributed by atoms with van der Waals surface area (Å²) in [5.41, 5.74) is 1.63. The summed E-state index contributed by atoms with van der Waals surface area (Å²) in [6.45, 7) is 3.10. The number of aliphatic carboxylic acids is 1. The van der Waals surface area contributed by atoms with Crippen molar-refractivity contribution in [1.29, 1.82) is 0 Å². The van der Waals surface area contributed by atoms with Gasteiger partial charge in [0.1, 0.15) is 11.8 Å². The lowest BCUT2D eigenvalue weighted by Gasteiger charge is -2.27. The van der Waals surface area contributed by atoms with Crippen LogP contribution in [-0.4, -0.2) is 49.0 Å². The first-order valence-corrected chi connectivity index (χ1v) is 13.9. The Labute approximate surface area is 244 Å². The number of carboxylic acid groups (broad SMARTS) is 1. The van der Waals surface area contributed by atoms with Gasteiger partial charge in [-0.3, -0.25) is 9.36 Å². The Morgan fingerprint density at radius 3 is 2.50 bits per heavy atom. The van der Waals surface area contributed by atoms with E-state index in [0.717, 1.165) is 10.8 Å². The number of allylic oxidation sites excluding steroid dienone is 1. The van der Waals surface area contributed by atoms with Crippen LogP contribution in [0.3, 0.4) is 0 Å². The summed E-state index contributed by atoms with van der Waals surface area (Å²) in [5.74, 6) is -0.578. The molecule has 0 bridgehead atoms. The first-order valence-electron chi connectivity index (χ1n) is 13.0. The van der Waals surface area contributed by atoms with Crippen LogP contribution in [0.2, 0.25) is 0 Å². The van der Waals surface area contributed by atoms with E-state index in [4.69, 9.17) is 24.1 Å². The zero-order chi connectivity index (χ0) is 30.0. The van der Waals surface area contributed by atoms with Crippen molar-refractivity contribution < 1.29 is 33.6 Å². The van der Waals surface area contributed by atoms with Crippen molar-refractivity contribution in [2.45, 2.75) is 19.9 Å². The number of methoxy groups -OCH3 is 2. The molecule has 4 aromatic rings. The van der Waals surface area contributed by atoms with Crippen molar-refractivity contribution in [3.63, 3.8) is 0 Å². The number of carbonyl (C=O) groups excluding carboxylic acids is 1. The van der Waals surface area contributed by atoms with Gasteiger partial charge in [-0.05, 0) is 54.5 Å². The molecule has 3 aromatic carbocycles. The maximum atomic E-state index is 14.1. The summed E-state index contributed by atoms with van der Waals surface area (Å²) in [4.78, 5) is 43.5. The van der Waals surface area contributed by atoms with Gasteiger partial charge in [-0.1, -0.05) is 47.7 Å². The zero-order valence-electron chi connectivity index (χ0n) is 23.4. The Morgan fingerprint density at radius 2 is 1.79 bits per heavy atom. The Morgan fingerprint density at radius 1 is 1.05 bits per heavy atom. The van der Waals surface area contributed by atoms with Crippen LogP contribution in [0, 0.1) is 0 Å². The number of carbonyl (C=O) groups is 2. The molecule has 216 valence electrons. The largest absolute Gasteiger partial charge is 0.496 e. The molecule has 2 heterocycles. The van der Waals surface area contributed by atoms with Crippen LogP contribution in [0.25, 0.3) is 16.8 Å². The van der Waals surface area contributed by atoms with Crippen LogP contribution in [-0.2, 0) is 14.3 Å². The molecule has 0 spiro atoms. The molecule has 0 fully saturated rings. The molecule has 1 aromatic heterocycles. The van der Waals surface area contributed by atoms with Crippen molar-refractivity contribution in [2.24, 2.45) is 4.99 Å². The molecule has 0 saturated carbocycles. The average Bonchev–Trinajstić information content (AvgIpc) is 3.28. The minimum atomic E-state index is -1.11. The van der Waals surface area contributed by atoms with Crippen molar-refractivity contribution >= 4 is 40.1 Å². The van der Waals surface area contributed by atoms with E-state index in [-0.39, 0.29) is 23.5 Å². The van der Waals surface area contributed by atoms with Crippen LogP contribution in [0.5, 0.6) is 17.2 Å². The molecule has 10 nitrogen and oxygen atoms in total. The van der Waals surface area contributed by atoms with E-state index < -0.39 is 24.6 Å². The summed E-state index contributed by atoms with van der Waals surface area (Å²) in [5, 5.41) is 10.7. The van der Waals surface area contributed by atoms with E-state index in [9.17, 15) is 14.4 Å². The van der Waals surface area contributed by atoms with Gasteiger partial charge in [0.2, 0.25) is 0 Å². The number of rotatable bonds is 9. The summed E-state index contributed by atoms with van der Waals surface area (Å²) in [6.07, 6.45) is 1.69. The van der Waals surface area contributed by atoms with E-state index in [1.54, 1.807) is 45.2 Å². The molecule has 11 heteroatoms. The molecule has 1 aliphatic rings. The molecule has 1 atom stereocenters. The summed E-state index contributed by atoms with van der Waals surface area (Å²) < 4.78 is 23.8. The molecular weight excluding hydrogens is 560 g/mol. The summed E-state index contributed by atoms with van der Waals surface area (Å²) >= 11 is 1.19. The third kappa shape index (κ3) is 5.26. The fraction of sp³-hybridized carbons (Fsp3) is 0.226. The number of hydrogen-bond acceptors (Lipinski definition) is 9. The first kappa shape index (κ1) is 28.6. The molecule has 42 heavy (non-hydrogen) atoms. The highest BCUT2D eigenvalue weighted by molar-refractivity contribution is 7.07. The molecule has 0 aliphatic carbocycles. The van der Waals surface area contributed by atoms with Gasteiger partial charge in [0.25, 0.3) is 5.56 Å². The number of carboxylic acids is 1. The second kappa shape index (κ2) is 11.9. The highest BCUT2D eigenvalue weighted by atomic mass is 32.1. The molecule has 0 saturated heterocycles. The normalized spacial score (nSPS) is 14.8. The minimum Gasteiger partial charge on any atom is -0.496 e. The Bertz CT molecular complexity index is 1920. The Balaban J connectivity index is 1.74. The fourth-order valence-corrected chi connectivity index (χ4v) is 6.03. The van der Waals surface area contributed by atoms with Gasteiger partial charge in [-0.15, -0.1) is 0 Å². The SMILES string of the molecule is CCOC(=O)C1=C(C)N=c2s/c(=C/c3ccc(OCC(=O)O)c(OC)c3)c(=O)n2[C@H]1c1c(OC)ccc2ccccc12. The van der Waals surface area contributed by atoms with Gasteiger partial charge < -0.3 is 24.1 Å². The molecule has 5 rings (SSSR count). The van der Waals surface area contributed by atoms with Crippen LogP contribution < -0.4 is 29.1 Å². The standard InChI is InChI=1S/C31H28N2O8S/c1-5-40-30(37)26-17(2)32-31-33(28(26)27-20-9-7-6-8-19(20)11-13-22(27)38-3)29(36)24(42-31)15-18-10-12-21(23(14-18)39-4)41-16-25(34)35/h6-15,28H,5,16H2,1-4H3,(H,34,35)/b24-15+/t28-/m1/s1. The lowest BCUT2D eigenvalue weighted by molar-refractivity contribution is -0.140. The third-order valence-corrected chi connectivity index (χ3v) is 7.76. The van der Waals surface area contributed by atoms with Crippen molar-refractivity contribution in [3.05, 3.63) is 96.7 Å². The number of aromatic nitrogens is 1. The van der Waals surface area contributed by atoms with Crippen LogP contribution in [0.15, 0.2) is 75.7 Å². The number of esters is 1. The molecule has 0 radical (unpaired) electrons. The quantitative estimate of drug-likeness (QED) is 0.295. The van der Waals surface area contributed by atoms with E-state index in [2.05, 4.69) is 4.99 Å². The molecule has 0 unspecified atom stereocenters. The van der Waals surface area contributed by atoms with Crippen molar-refractivity contribution in [1.82, 2.24) is 4.57 Å². The van der Waals surface area contributed by atoms with E-state index in [1.807, 2.05) is 36.4 Å². The maximum Gasteiger partial charge on any atom is 0.341 e. The van der Waals surface area contributed by atoms with Gasteiger partial charge in [-0.2, -0.15) is 0 Å². The third-order valence-electron chi connectivity index (χ3n) is 6.78.